The molecule has 1 N–H and O–H groups in total. The number of thiol groups is 1. The first kappa shape index (κ1) is 17.0. The Morgan fingerprint density at radius 3 is 2.62 bits per heavy atom. The standard InChI is InChI=1S/C21H21N3OS/c1-12-4-6-14(18(26)10-12)20-21(2,3)15-11-13(5-7-17(15)22-20)16-8-9-19(25)24-23-16/h4-7,10-11,26H,8-9H2,1-3H3,(H,24,25). The van der Waals surface area contributed by atoms with E-state index in [1.54, 1.807) is 0 Å². The zero-order valence-corrected chi connectivity index (χ0v) is 16.0. The summed E-state index contributed by atoms with van der Waals surface area (Å²) < 4.78 is 0. The Balaban J connectivity index is 1.75. The predicted octanol–water partition coefficient (Wildman–Crippen LogP) is 4.31. The van der Waals surface area contributed by atoms with Crippen molar-refractivity contribution in [2.75, 3.05) is 0 Å². The van der Waals surface area contributed by atoms with Crippen molar-refractivity contribution >= 4 is 35.6 Å². The fraction of sp³-hybridized carbons (Fsp3) is 0.286. The molecule has 0 spiro atoms. The van der Waals surface area contributed by atoms with Crippen molar-refractivity contribution in [2.24, 2.45) is 10.1 Å². The second-order valence-corrected chi connectivity index (χ2v) is 7.91. The molecule has 4 nitrogen and oxygen atoms in total. The van der Waals surface area contributed by atoms with Gasteiger partial charge in [0.1, 0.15) is 0 Å². The Hall–Kier alpha value is -2.40. The number of carbonyl (C=O) groups is 1. The van der Waals surface area contributed by atoms with Crippen molar-refractivity contribution in [1.29, 1.82) is 0 Å². The van der Waals surface area contributed by atoms with Crippen LogP contribution >= 0.6 is 12.6 Å². The number of rotatable bonds is 2. The van der Waals surface area contributed by atoms with E-state index in [0.717, 1.165) is 33.1 Å². The molecule has 0 saturated carbocycles. The normalized spacial score (nSPS) is 18.1. The molecule has 0 radical (unpaired) electrons. The van der Waals surface area contributed by atoms with Crippen LogP contribution in [0.5, 0.6) is 0 Å². The Morgan fingerprint density at radius 2 is 1.92 bits per heavy atom. The van der Waals surface area contributed by atoms with E-state index in [2.05, 4.69) is 68.2 Å². The smallest absolute Gasteiger partial charge is 0.240 e. The van der Waals surface area contributed by atoms with Gasteiger partial charge in [-0.3, -0.25) is 9.79 Å². The van der Waals surface area contributed by atoms with E-state index in [1.165, 1.54) is 11.1 Å². The van der Waals surface area contributed by atoms with E-state index in [9.17, 15) is 4.79 Å². The van der Waals surface area contributed by atoms with Crippen LogP contribution in [-0.4, -0.2) is 17.3 Å². The monoisotopic (exact) mass is 363 g/mol. The molecule has 26 heavy (non-hydrogen) atoms. The van der Waals surface area contributed by atoms with Gasteiger partial charge in [0.25, 0.3) is 0 Å². The van der Waals surface area contributed by atoms with Gasteiger partial charge in [-0.15, -0.1) is 12.6 Å². The maximum Gasteiger partial charge on any atom is 0.240 e. The van der Waals surface area contributed by atoms with Crippen LogP contribution in [0, 0.1) is 6.92 Å². The summed E-state index contributed by atoms with van der Waals surface area (Å²) >= 11 is 4.67. The Bertz CT molecular complexity index is 989. The van der Waals surface area contributed by atoms with Crippen LogP contribution in [0.4, 0.5) is 5.69 Å². The van der Waals surface area contributed by atoms with Crippen LogP contribution in [0.1, 0.15) is 48.9 Å². The van der Waals surface area contributed by atoms with Crippen LogP contribution in [-0.2, 0) is 10.2 Å². The first-order chi connectivity index (χ1) is 12.4. The lowest BCUT2D eigenvalue weighted by molar-refractivity contribution is -0.121. The number of amides is 1. The summed E-state index contributed by atoms with van der Waals surface area (Å²) in [5.74, 6) is -0.0264. The van der Waals surface area contributed by atoms with Crippen LogP contribution in [0.2, 0.25) is 0 Å². The SMILES string of the molecule is Cc1ccc(C2=Nc3ccc(C4=NNC(=O)CC4)cc3C2(C)C)c(S)c1. The highest BCUT2D eigenvalue weighted by Crippen LogP contribution is 2.43. The van der Waals surface area contributed by atoms with E-state index in [4.69, 9.17) is 4.99 Å². The average molecular weight is 363 g/mol. The van der Waals surface area contributed by atoms with Crippen LogP contribution in [0.15, 0.2) is 51.4 Å². The van der Waals surface area contributed by atoms with E-state index >= 15 is 0 Å². The van der Waals surface area contributed by atoms with Crippen molar-refractivity contribution in [3.05, 3.63) is 58.7 Å². The molecule has 0 aromatic heterocycles. The maximum atomic E-state index is 11.3. The van der Waals surface area contributed by atoms with Gasteiger partial charge < -0.3 is 0 Å². The molecule has 2 heterocycles. The molecule has 0 saturated heterocycles. The molecule has 2 aliphatic heterocycles. The molecule has 4 rings (SSSR count). The summed E-state index contributed by atoms with van der Waals surface area (Å²) in [6.45, 7) is 6.45. The third-order valence-corrected chi connectivity index (χ3v) is 5.51. The minimum absolute atomic E-state index is 0.0264. The molecule has 2 aromatic carbocycles. The number of fused-ring (bicyclic) bond motifs is 1. The summed E-state index contributed by atoms with van der Waals surface area (Å²) in [7, 11) is 0. The molecule has 0 unspecified atom stereocenters. The number of hydrazone groups is 1. The molecule has 2 aromatic rings. The van der Waals surface area contributed by atoms with Crippen LogP contribution in [0.25, 0.3) is 0 Å². The van der Waals surface area contributed by atoms with Crippen molar-refractivity contribution in [2.45, 2.75) is 43.9 Å². The largest absolute Gasteiger partial charge is 0.273 e. The molecule has 0 bridgehead atoms. The summed E-state index contributed by atoms with van der Waals surface area (Å²) in [6.07, 6.45) is 1.14. The fourth-order valence-electron chi connectivity index (χ4n) is 3.62. The first-order valence-corrected chi connectivity index (χ1v) is 9.20. The highest BCUT2D eigenvalue weighted by molar-refractivity contribution is 7.80. The van der Waals surface area contributed by atoms with E-state index in [-0.39, 0.29) is 11.3 Å². The molecule has 2 aliphatic rings. The van der Waals surface area contributed by atoms with E-state index < -0.39 is 0 Å². The molecular formula is C21H21N3OS. The summed E-state index contributed by atoms with van der Waals surface area (Å²) in [5, 5.41) is 4.22. The van der Waals surface area contributed by atoms with Gasteiger partial charge in [0.2, 0.25) is 5.91 Å². The topological polar surface area (TPSA) is 53.8 Å². The zero-order valence-electron chi connectivity index (χ0n) is 15.1. The number of hydrogen-bond donors (Lipinski definition) is 2. The average Bonchev–Trinajstić information content (AvgIpc) is 2.86. The molecule has 1 amide bonds. The van der Waals surface area contributed by atoms with Gasteiger partial charge in [0.15, 0.2) is 0 Å². The Morgan fingerprint density at radius 1 is 1.12 bits per heavy atom. The lowest BCUT2D eigenvalue weighted by Gasteiger charge is -2.24. The molecular weight excluding hydrogens is 342 g/mol. The lowest BCUT2D eigenvalue weighted by atomic mass is 9.78. The van der Waals surface area contributed by atoms with Crippen LogP contribution < -0.4 is 5.43 Å². The second-order valence-electron chi connectivity index (χ2n) is 7.43. The summed E-state index contributed by atoms with van der Waals surface area (Å²) in [6, 6.07) is 12.5. The fourth-order valence-corrected chi connectivity index (χ4v) is 4.01. The lowest BCUT2D eigenvalue weighted by Crippen LogP contribution is -2.28. The van der Waals surface area contributed by atoms with E-state index in [1.807, 2.05) is 12.1 Å². The quantitative estimate of drug-likeness (QED) is 0.768. The van der Waals surface area contributed by atoms with Crippen molar-refractivity contribution < 1.29 is 4.79 Å². The third kappa shape index (κ3) is 2.76. The minimum Gasteiger partial charge on any atom is -0.273 e. The van der Waals surface area contributed by atoms with Crippen molar-refractivity contribution in [3.8, 4) is 0 Å². The summed E-state index contributed by atoms with van der Waals surface area (Å²) in [4.78, 5) is 17.2. The van der Waals surface area contributed by atoms with Crippen molar-refractivity contribution in [3.63, 3.8) is 0 Å². The molecule has 132 valence electrons. The number of hydrogen-bond acceptors (Lipinski definition) is 4. The molecule has 5 heteroatoms. The number of carbonyl (C=O) groups excluding carboxylic acids is 1. The summed E-state index contributed by atoms with van der Waals surface area (Å²) in [5.41, 5.74) is 9.78. The highest BCUT2D eigenvalue weighted by Gasteiger charge is 2.37. The van der Waals surface area contributed by atoms with Gasteiger partial charge in [-0.25, -0.2) is 5.43 Å². The molecule has 0 fully saturated rings. The number of nitrogens with one attached hydrogen (secondary N) is 1. The Kier molecular flexibility index (Phi) is 3.99. The zero-order chi connectivity index (χ0) is 18.5. The first-order valence-electron chi connectivity index (χ1n) is 8.76. The second kappa shape index (κ2) is 6.09. The highest BCUT2D eigenvalue weighted by atomic mass is 32.1. The van der Waals surface area contributed by atoms with Gasteiger partial charge in [-0.1, -0.05) is 32.0 Å². The van der Waals surface area contributed by atoms with Gasteiger partial charge in [-0.05, 0) is 41.8 Å². The minimum atomic E-state index is -0.226. The van der Waals surface area contributed by atoms with Gasteiger partial charge in [-0.2, -0.15) is 5.10 Å². The van der Waals surface area contributed by atoms with Crippen molar-refractivity contribution in [1.82, 2.24) is 5.43 Å². The molecule has 0 aliphatic carbocycles. The number of benzene rings is 2. The van der Waals surface area contributed by atoms with Crippen LogP contribution in [0.3, 0.4) is 0 Å². The Labute approximate surface area is 158 Å². The molecule has 0 atom stereocenters. The number of aliphatic imine (C=N–C) groups is 1. The van der Waals surface area contributed by atoms with Gasteiger partial charge >= 0.3 is 0 Å². The van der Waals surface area contributed by atoms with Gasteiger partial charge in [0, 0.05) is 28.7 Å². The van der Waals surface area contributed by atoms with E-state index in [0.29, 0.717) is 12.8 Å². The third-order valence-electron chi connectivity index (χ3n) is 5.14. The number of nitrogens with zero attached hydrogens (tertiary/aromatic N) is 2. The predicted molar refractivity (Wildman–Crippen MR) is 108 cm³/mol. The van der Waals surface area contributed by atoms with Gasteiger partial charge in [0.05, 0.1) is 17.1 Å². The number of aryl methyl sites for hydroxylation is 1. The maximum absolute atomic E-state index is 11.3.